The lowest BCUT2D eigenvalue weighted by molar-refractivity contribution is 0.0698. The molecule has 0 spiro atoms. The second-order valence-corrected chi connectivity index (χ2v) is 4.28. The Kier molecular flexibility index (Phi) is 3.57. The number of hydrogen-bond donors (Lipinski definition) is 2. The maximum Gasteiger partial charge on any atom is 0.337 e. The SMILES string of the molecule is Cc1occc1C(=O)Nc1ccc(Cl)cc1C(=O)O. The van der Waals surface area contributed by atoms with Crippen LogP contribution in [0.3, 0.4) is 0 Å². The fourth-order valence-corrected chi connectivity index (χ4v) is 1.78. The highest BCUT2D eigenvalue weighted by Gasteiger charge is 2.16. The highest BCUT2D eigenvalue weighted by atomic mass is 35.5. The number of carbonyl (C=O) groups is 2. The minimum atomic E-state index is -1.17. The van der Waals surface area contributed by atoms with E-state index in [1.165, 1.54) is 30.5 Å². The van der Waals surface area contributed by atoms with Gasteiger partial charge in [-0.2, -0.15) is 0 Å². The summed E-state index contributed by atoms with van der Waals surface area (Å²) in [7, 11) is 0. The molecule has 0 atom stereocenters. The molecule has 0 fully saturated rings. The Morgan fingerprint density at radius 2 is 2.00 bits per heavy atom. The number of nitrogens with one attached hydrogen (secondary N) is 1. The van der Waals surface area contributed by atoms with Crippen molar-refractivity contribution in [3.8, 4) is 0 Å². The molecule has 0 unspecified atom stereocenters. The van der Waals surface area contributed by atoms with Gasteiger partial charge in [-0.3, -0.25) is 4.79 Å². The van der Waals surface area contributed by atoms with Crippen molar-refractivity contribution in [3.05, 3.63) is 52.4 Å². The molecule has 2 N–H and O–H groups in total. The lowest BCUT2D eigenvalue weighted by atomic mass is 10.1. The molecule has 1 aromatic carbocycles. The van der Waals surface area contributed by atoms with Gasteiger partial charge in [0.2, 0.25) is 0 Å². The zero-order valence-corrected chi connectivity index (χ0v) is 10.7. The van der Waals surface area contributed by atoms with E-state index in [1.807, 2.05) is 0 Å². The number of aryl methyl sites for hydroxylation is 1. The lowest BCUT2D eigenvalue weighted by Crippen LogP contribution is -2.15. The summed E-state index contributed by atoms with van der Waals surface area (Å²) in [4.78, 5) is 23.0. The fraction of sp³-hybridized carbons (Fsp3) is 0.0769. The first-order chi connectivity index (χ1) is 8.99. The van der Waals surface area contributed by atoms with E-state index in [0.717, 1.165) is 0 Å². The van der Waals surface area contributed by atoms with E-state index in [4.69, 9.17) is 21.1 Å². The first kappa shape index (κ1) is 13.2. The number of hydrogen-bond acceptors (Lipinski definition) is 3. The van der Waals surface area contributed by atoms with E-state index in [0.29, 0.717) is 11.3 Å². The molecule has 0 saturated heterocycles. The average Bonchev–Trinajstić information content (AvgIpc) is 2.77. The van der Waals surface area contributed by atoms with Gasteiger partial charge in [-0.15, -0.1) is 0 Å². The topological polar surface area (TPSA) is 79.5 Å². The molecule has 0 aliphatic carbocycles. The summed E-state index contributed by atoms with van der Waals surface area (Å²) in [5.74, 6) is -1.14. The molecule has 2 rings (SSSR count). The first-order valence-electron chi connectivity index (χ1n) is 5.37. The maximum atomic E-state index is 12.0. The van der Waals surface area contributed by atoms with Gasteiger partial charge in [-0.1, -0.05) is 11.6 Å². The van der Waals surface area contributed by atoms with Crippen LogP contribution in [0.2, 0.25) is 5.02 Å². The number of furan rings is 1. The molecule has 5 nitrogen and oxygen atoms in total. The third kappa shape index (κ3) is 2.77. The fourth-order valence-electron chi connectivity index (χ4n) is 1.61. The molecule has 19 heavy (non-hydrogen) atoms. The number of rotatable bonds is 3. The minimum Gasteiger partial charge on any atom is -0.478 e. The molecule has 1 amide bonds. The molecule has 2 aromatic rings. The molecule has 0 saturated carbocycles. The second kappa shape index (κ2) is 5.16. The average molecular weight is 280 g/mol. The molecule has 1 aromatic heterocycles. The number of halogens is 1. The quantitative estimate of drug-likeness (QED) is 0.904. The number of carboxylic acids is 1. The summed E-state index contributed by atoms with van der Waals surface area (Å²) in [6.07, 6.45) is 1.39. The van der Waals surface area contributed by atoms with Crippen LogP contribution in [-0.2, 0) is 0 Å². The van der Waals surface area contributed by atoms with Gasteiger partial charge in [0.25, 0.3) is 5.91 Å². The Balaban J connectivity index is 2.32. The smallest absolute Gasteiger partial charge is 0.337 e. The van der Waals surface area contributed by atoms with Crippen molar-refractivity contribution in [2.75, 3.05) is 5.32 Å². The van der Waals surface area contributed by atoms with Crippen molar-refractivity contribution in [1.29, 1.82) is 0 Å². The lowest BCUT2D eigenvalue weighted by Gasteiger charge is -2.08. The predicted octanol–water partition coefficient (Wildman–Crippen LogP) is 3.19. The molecule has 0 aliphatic rings. The molecular weight excluding hydrogens is 270 g/mol. The van der Waals surface area contributed by atoms with Crippen molar-refractivity contribution in [2.24, 2.45) is 0 Å². The van der Waals surface area contributed by atoms with Crippen molar-refractivity contribution >= 4 is 29.2 Å². The van der Waals surface area contributed by atoms with Crippen LogP contribution < -0.4 is 5.32 Å². The van der Waals surface area contributed by atoms with Crippen LogP contribution in [0.1, 0.15) is 26.5 Å². The molecule has 0 aliphatic heterocycles. The van der Waals surface area contributed by atoms with Crippen LogP contribution in [-0.4, -0.2) is 17.0 Å². The summed E-state index contributed by atoms with van der Waals surface area (Å²) in [5.41, 5.74) is 0.468. The standard InChI is InChI=1S/C13H10ClNO4/c1-7-9(4-5-19-7)12(16)15-11-3-2-8(14)6-10(11)13(17)18/h2-6H,1H3,(H,15,16)(H,17,18). The molecule has 6 heteroatoms. The van der Waals surface area contributed by atoms with Gasteiger partial charge < -0.3 is 14.8 Å². The van der Waals surface area contributed by atoms with Gasteiger partial charge in [0.15, 0.2) is 0 Å². The van der Waals surface area contributed by atoms with Crippen molar-refractivity contribution in [2.45, 2.75) is 6.92 Å². The van der Waals surface area contributed by atoms with E-state index in [1.54, 1.807) is 6.92 Å². The second-order valence-electron chi connectivity index (χ2n) is 3.84. The zero-order valence-electron chi connectivity index (χ0n) is 9.94. The number of benzene rings is 1. The van der Waals surface area contributed by atoms with E-state index in [9.17, 15) is 9.59 Å². The zero-order chi connectivity index (χ0) is 14.0. The van der Waals surface area contributed by atoms with Crippen molar-refractivity contribution in [3.63, 3.8) is 0 Å². The van der Waals surface area contributed by atoms with Gasteiger partial charge in [0.1, 0.15) is 5.76 Å². The minimum absolute atomic E-state index is 0.0676. The Morgan fingerprint density at radius 3 is 2.58 bits per heavy atom. The van der Waals surface area contributed by atoms with E-state index < -0.39 is 11.9 Å². The van der Waals surface area contributed by atoms with Crippen LogP contribution in [0, 0.1) is 6.92 Å². The highest BCUT2D eigenvalue weighted by molar-refractivity contribution is 6.31. The van der Waals surface area contributed by atoms with Crippen molar-refractivity contribution < 1.29 is 19.1 Å². The third-order valence-electron chi connectivity index (χ3n) is 2.56. The predicted molar refractivity (Wildman–Crippen MR) is 69.8 cm³/mol. The number of carbonyl (C=O) groups excluding carboxylic acids is 1. The number of aromatic carboxylic acids is 1. The van der Waals surface area contributed by atoms with Crippen LogP contribution in [0.4, 0.5) is 5.69 Å². The van der Waals surface area contributed by atoms with Gasteiger partial charge in [-0.05, 0) is 31.2 Å². The van der Waals surface area contributed by atoms with Crippen molar-refractivity contribution in [1.82, 2.24) is 0 Å². The Hall–Kier alpha value is -2.27. The maximum absolute atomic E-state index is 12.0. The van der Waals surface area contributed by atoms with Crippen LogP contribution in [0.15, 0.2) is 34.9 Å². The van der Waals surface area contributed by atoms with Crippen LogP contribution in [0.25, 0.3) is 0 Å². The first-order valence-corrected chi connectivity index (χ1v) is 5.75. The molecular formula is C13H10ClNO4. The van der Waals surface area contributed by atoms with Crippen LogP contribution >= 0.6 is 11.6 Å². The summed E-state index contributed by atoms with van der Waals surface area (Å²) in [5, 5.41) is 11.9. The van der Waals surface area contributed by atoms with Gasteiger partial charge in [-0.25, -0.2) is 4.79 Å². The van der Waals surface area contributed by atoms with Gasteiger partial charge >= 0.3 is 5.97 Å². The molecule has 98 valence electrons. The molecule has 1 heterocycles. The number of amides is 1. The molecule has 0 radical (unpaired) electrons. The largest absolute Gasteiger partial charge is 0.478 e. The summed E-state index contributed by atoms with van der Waals surface area (Å²) in [6, 6.07) is 5.74. The number of carboxylic acid groups (broad SMARTS) is 1. The normalized spacial score (nSPS) is 10.2. The van der Waals surface area contributed by atoms with E-state index >= 15 is 0 Å². The Bertz CT molecular complexity index is 648. The summed E-state index contributed by atoms with van der Waals surface area (Å²) in [6.45, 7) is 1.65. The van der Waals surface area contributed by atoms with Gasteiger partial charge in [0.05, 0.1) is 23.1 Å². The molecule has 0 bridgehead atoms. The highest BCUT2D eigenvalue weighted by Crippen LogP contribution is 2.22. The van der Waals surface area contributed by atoms with E-state index in [-0.39, 0.29) is 16.3 Å². The summed E-state index contributed by atoms with van der Waals surface area (Å²) >= 11 is 5.73. The Labute approximate surface area is 113 Å². The summed E-state index contributed by atoms with van der Waals surface area (Å²) < 4.78 is 5.02. The monoisotopic (exact) mass is 279 g/mol. The van der Waals surface area contributed by atoms with Crippen LogP contribution in [0.5, 0.6) is 0 Å². The number of anilines is 1. The third-order valence-corrected chi connectivity index (χ3v) is 2.80. The Morgan fingerprint density at radius 1 is 1.26 bits per heavy atom. The van der Waals surface area contributed by atoms with Gasteiger partial charge in [0, 0.05) is 5.02 Å². The van der Waals surface area contributed by atoms with E-state index in [2.05, 4.69) is 5.32 Å².